The third-order valence-electron chi connectivity index (χ3n) is 5.61. The quantitative estimate of drug-likeness (QED) is 0.791. The van der Waals surface area contributed by atoms with E-state index in [-0.39, 0.29) is 17.8 Å². The lowest BCUT2D eigenvalue weighted by atomic mass is 10.2. The fourth-order valence-corrected chi connectivity index (χ4v) is 4.02. The Balaban J connectivity index is 1.34. The number of urea groups is 1. The molecule has 146 valence electrons. The third kappa shape index (κ3) is 3.63. The number of carbonyl (C=O) groups excluding carboxylic acids is 3. The van der Waals surface area contributed by atoms with Crippen LogP contribution in [-0.2, 0) is 29.1 Å². The van der Waals surface area contributed by atoms with Gasteiger partial charge >= 0.3 is 6.03 Å². The maximum Gasteiger partial charge on any atom is 0.317 e. The summed E-state index contributed by atoms with van der Waals surface area (Å²) < 4.78 is 1.93. The molecule has 0 aliphatic carbocycles. The average Bonchev–Trinajstić information content (AvgIpc) is 3.39. The fourth-order valence-electron chi connectivity index (χ4n) is 4.02. The Hall–Kier alpha value is -2.58. The molecule has 0 unspecified atom stereocenters. The maximum absolute atomic E-state index is 12.7. The van der Waals surface area contributed by atoms with Crippen LogP contribution in [0.3, 0.4) is 0 Å². The van der Waals surface area contributed by atoms with Crippen molar-refractivity contribution in [2.45, 2.75) is 44.8 Å². The van der Waals surface area contributed by atoms with Gasteiger partial charge in [0.1, 0.15) is 6.04 Å². The Kier molecular flexibility index (Phi) is 4.75. The minimum atomic E-state index is -0.477. The van der Waals surface area contributed by atoms with E-state index in [0.29, 0.717) is 39.0 Å². The molecule has 0 saturated carbocycles. The molecule has 3 aliphatic heterocycles. The van der Waals surface area contributed by atoms with E-state index in [9.17, 15) is 14.4 Å². The van der Waals surface area contributed by atoms with E-state index in [2.05, 4.69) is 10.4 Å². The zero-order valence-corrected chi connectivity index (χ0v) is 15.7. The molecular formula is C18H26N6O3. The molecule has 4 heterocycles. The lowest BCUT2D eigenvalue weighted by Gasteiger charge is -2.29. The number of aryl methyl sites for hydroxylation is 1. The van der Waals surface area contributed by atoms with Crippen molar-refractivity contribution in [2.75, 3.05) is 33.2 Å². The number of likely N-dealkylation sites (tertiary alicyclic amines) is 1. The molecule has 0 bridgehead atoms. The second kappa shape index (κ2) is 7.21. The second-order valence-corrected chi connectivity index (χ2v) is 7.58. The van der Waals surface area contributed by atoms with Crippen molar-refractivity contribution >= 4 is 17.8 Å². The summed E-state index contributed by atoms with van der Waals surface area (Å²) in [5, 5.41) is 7.32. The molecule has 4 rings (SSSR count). The number of carbonyl (C=O) groups is 3. The second-order valence-electron chi connectivity index (χ2n) is 7.58. The summed E-state index contributed by atoms with van der Waals surface area (Å²) in [7, 11) is 1.68. The third-order valence-corrected chi connectivity index (χ3v) is 5.61. The van der Waals surface area contributed by atoms with Gasteiger partial charge in [-0.1, -0.05) is 0 Å². The van der Waals surface area contributed by atoms with Gasteiger partial charge in [-0.05, 0) is 18.9 Å². The van der Waals surface area contributed by atoms with E-state index < -0.39 is 6.04 Å². The van der Waals surface area contributed by atoms with E-state index in [0.717, 1.165) is 37.3 Å². The highest BCUT2D eigenvalue weighted by Gasteiger charge is 2.35. The van der Waals surface area contributed by atoms with Crippen molar-refractivity contribution in [3.05, 3.63) is 17.5 Å². The zero-order chi connectivity index (χ0) is 19.0. The normalized spacial score (nSPS) is 22.2. The van der Waals surface area contributed by atoms with Gasteiger partial charge in [-0.2, -0.15) is 5.10 Å². The van der Waals surface area contributed by atoms with Crippen LogP contribution in [0, 0.1) is 0 Å². The van der Waals surface area contributed by atoms with E-state index >= 15 is 0 Å². The van der Waals surface area contributed by atoms with Gasteiger partial charge in [0.15, 0.2) is 0 Å². The van der Waals surface area contributed by atoms with Crippen LogP contribution in [0.4, 0.5) is 4.79 Å². The highest BCUT2D eigenvalue weighted by atomic mass is 16.2. The van der Waals surface area contributed by atoms with Crippen molar-refractivity contribution in [1.29, 1.82) is 0 Å². The molecule has 0 spiro atoms. The average molecular weight is 374 g/mol. The van der Waals surface area contributed by atoms with Crippen LogP contribution >= 0.6 is 0 Å². The largest absolute Gasteiger partial charge is 0.343 e. The number of amides is 4. The molecule has 0 aromatic carbocycles. The molecule has 1 N–H and O–H groups in total. The summed E-state index contributed by atoms with van der Waals surface area (Å²) in [5.74, 6) is 0.155. The van der Waals surface area contributed by atoms with Gasteiger partial charge in [-0.25, -0.2) is 4.79 Å². The predicted molar refractivity (Wildman–Crippen MR) is 96.7 cm³/mol. The Morgan fingerprint density at radius 1 is 1.19 bits per heavy atom. The number of nitrogens with zero attached hydrogens (tertiary/aromatic N) is 5. The predicted octanol–water partition coefficient (Wildman–Crippen LogP) is -0.196. The lowest BCUT2D eigenvalue weighted by molar-refractivity contribution is -0.134. The fraction of sp³-hybridized carbons (Fsp3) is 0.667. The standard InChI is InChI=1S/C18H26N6O3/c1-21-12-15(19-18(21)27)17(26)23-8-9-24-14(11-23)10-13(20-24)4-5-16(25)22-6-2-3-7-22/h10,15H,2-9,11-12H2,1H3,(H,19,27)/t15-/m0/s1. The van der Waals surface area contributed by atoms with Crippen LogP contribution < -0.4 is 5.32 Å². The molecule has 3 aliphatic rings. The Labute approximate surface area is 158 Å². The summed E-state index contributed by atoms with van der Waals surface area (Å²) in [6, 6.07) is 1.31. The first-order valence-electron chi connectivity index (χ1n) is 9.65. The number of aromatic nitrogens is 2. The lowest BCUT2D eigenvalue weighted by Crippen LogP contribution is -2.48. The number of likely N-dealkylation sites (N-methyl/N-ethyl adjacent to an activating group) is 1. The highest BCUT2D eigenvalue weighted by molar-refractivity contribution is 5.90. The van der Waals surface area contributed by atoms with E-state index in [1.165, 1.54) is 4.90 Å². The van der Waals surface area contributed by atoms with E-state index in [1.54, 1.807) is 11.9 Å². The molecule has 9 nitrogen and oxygen atoms in total. The maximum atomic E-state index is 12.7. The smallest absolute Gasteiger partial charge is 0.317 e. The van der Waals surface area contributed by atoms with Crippen molar-refractivity contribution in [1.82, 2.24) is 29.8 Å². The summed E-state index contributed by atoms with van der Waals surface area (Å²) in [4.78, 5) is 41.7. The van der Waals surface area contributed by atoms with Gasteiger partial charge in [0.05, 0.1) is 31.0 Å². The first kappa shape index (κ1) is 17.8. The van der Waals surface area contributed by atoms with Crippen LogP contribution in [-0.4, -0.2) is 81.6 Å². The molecule has 1 atom stereocenters. The molecule has 2 saturated heterocycles. The van der Waals surface area contributed by atoms with Crippen LogP contribution in [0.5, 0.6) is 0 Å². The monoisotopic (exact) mass is 374 g/mol. The summed E-state index contributed by atoms with van der Waals surface area (Å²) in [5.41, 5.74) is 1.89. The molecular weight excluding hydrogens is 348 g/mol. The molecule has 2 fully saturated rings. The van der Waals surface area contributed by atoms with Gasteiger partial charge in [0.25, 0.3) is 0 Å². The Morgan fingerprint density at radius 2 is 1.96 bits per heavy atom. The van der Waals surface area contributed by atoms with Crippen LogP contribution in [0.15, 0.2) is 6.07 Å². The SMILES string of the molecule is CN1C[C@@H](C(=O)N2CCn3nc(CCC(=O)N4CCCC4)cc3C2)NC1=O. The minimum Gasteiger partial charge on any atom is -0.343 e. The number of hydrogen-bond donors (Lipinski definition) is 1. The van der Waals surface area contributed by atoms with Crippen LogP contribution in [0.25, 0.3) is 0 Å². The molecule has 1 aromatic rings. The number of nitrogens with one attached hydrogen (secondary N) is 1. The first-order valence-corrected chi connectivity index (χ1v) is 9.65. The van der Waals surface area contributed by atoms with Gasteiger partial charge in [0.2, 0.25) is 11.8 Å². The van der Waals surface area contributed by atoms with E-state index in [1.807, 2.05) is 15.6 Å². The number of rotatable bonds is 4. The van der Waals surface area contributed by atoms with Crippen molar-refractivity contribution in [3.63, 3.8) is 0 Å². The van der Waals surface area contributed by atoms with Gasteiger partial charge in [-0.15, -0.1) is 0 Å². The Morgan fingerprint density at radius 3 is 2.67 bits per heavy atom. The summed E-state index contributed by atoms with van der Waals surface area (Å²) >= 11 is 0. The Bertz CT molecular complexity index is 754. The zero-order valence-electron chi connectivity index (χ0n) is 15.7. The van der Waals surface area contributed by atoms with Crippen molar-refractivity contribution in [2.24, 2.45) is 0 Å². The van der Waals surface area contributed by atoms with Crippen molar-refractivity contribution in [3.8, 4) is 0 Å². The van der Waals surface area contributed by atoms with E-state index in [4.69, 9.17) is 0 Å². The van der Waals surface area contributed by atoms with Gasteiger partial charge in [0, 0.05) is 39.5 Å². The van der Waals surface area contributed by atoms with Gasteiger partial charge in [-0.3, -0.25) is 14.3 Å². The molecule has 27 heavy (non-hydrogen) atoms. The van der Waals surface area contributed by atoms with Gasteiger partial charge < -0.3 is 20.0 Å². The first-order chi connectivity index (χ1) is 13.0. The van der Waals surface area contributed by atoms with Crippen LogP contribution in [0.1, 0.15) is 30.7 Å². The topological polar surface area (TPSA) is 90.8 Å². The van der Waals surface area contributed by atoms with Crippen LogP contribution in [0.2, 0.25) is 0 Å². The highest BCUT2D eigenvalue weighted by Crippen LogP contribution is 2.17. The molecule has 0 radical (unpaired) electrons. The molecule has 1 aromatic heterocycles. The number of fused-ring (bicyclic) bond motifs is 1. The molecule has 9 heteroatoms. The minimum absolute atomic E-state index is 0.0501. The number of hydrogen-bond acceptors (Lipinski definition) is 4. The summed E-state index contributed by atoms with van der Waals surface area (Å²) in [6.07, 6.45) is 3.32. The summed E-state index contributed by atoms with van der Waals surface area (Å²) in [6.45, 7) is 3.86. The van der Waals surface area contributed by atoms with Crippen molar-refractivity contribution < 1.29 is 14.4 Å². The molecule has 4 amide bonds.